The van der Waals surface area contributed by atoms with E-state index in [1.165, 1.54) is 0 Å². The highest BCUT2D eigenvalue weighted by Gasteiger charge is 2.41. The summed E-state index contributed by atoms with van der Waals surface area (Å²) in [6, 6.07) is 4.39. The number of fused-ring (bicyclic) bond motifs is 1. The number of benzene rings is 1. The van der Waals surface area contributed by atoms with Crippen molar-refractivity contribution in [2.75, 3.05) is 13.1 Å². The SMILES string of the molecule is Cc1ccc2c(c1)C(=O)N(C(C)C(=O)NC1CCCNC1)C2=O.Cl. The van der Waals surface area contributed by atoms with E-state index in [4.69, 9.17) is 0 Å². The quantitative estimate of drug-likeness (QED) is 0.804. The highest BCUT2D eigenvalue weighted by molar-refractivity contribution is 6.22. The zero-order valence-corrected chi connectivity index (χ0v) is 14.6. The lowest BCUT2D eigenvalue weighted by atomic mass is 10.1. The average Bonchev–Trinajstić information content (AvgIpc) is 2.78. The molecule has 6 nitrogen and oxygen atoms in total. The lowest BCUT2D eigenvalue weighted by Gasteiger charge is -2.27. The molecule has 2 aliphatic heterocycles. The van der Waals surface area contributed by atoms with Gasteiger partial charge >= 0.3 is 0 Å². The van der Waals surface area contributed by atoms with Gasteiger partial charge in [0.25, 0.3) is 11.8 Å². The highest BCUT2D eigenvalue weighted by atomic mass is 35.5. The van der Waals surface area contributed by atoms with Gasteiger partial charge in [0.1, 0.15) is 6.04 Å². The number of imide groups is 1. The molecule has 0 bridgehead atoms. The summed E-state index contributed by atoms with van der Waals surface area (Å²) in [5.74, 6) is -1.07. The Labute approximate surface area is 147 Å². The molecule has 0 aromatic heterocycles. The minimum absolute atomic E-state index is 0. The van der Waals surface area contributed by atoms with Crippen LogP contribution in [0.3, 0.4) is 0 Å². The number of amides is 3. The van der Waals surface area contributed by atoms with E-state index in [0.29, 0.717) is 11.1 Å². The smallest absolute Gasteiger partial charge is 0.262 e. The monoisotopic (exact) mass is 351 g/mol. The summed E-state index contributed by atoms with van der Waals surface area (Å²) < 4.78 is 0. The van der Waals surface area contributed by atoms with Gasteiger partial charge in [0.2, 0.25) is 5.91 Å². The maximum atomic E-state index is 12.5. The first-order valence-electron chi connectivity index (χ1n) is 7.98. The lowest BCUT2D eigenvalue weighted by molar-refractivity contribution is -0.125. The first-order chi connectivity index (χ1) is 11.0. The van der Waals surface area contributed by atoms with Gasteiger partial charge < -0.3 is 10.6 Å². The molecule has 1 aromatic rings. The molecule has 2 heterocycles. The summed E-state index contributed by atoms with van der Waals surface area (Å²) >= 11 is 0. The van der Waals surface area contributed by atoms with Crippen molar-refractivity contribution in [3.63, 3.8) is 0 Å². The zero-order valence-electron chi connectivity index (χ0n) is 13.8. The molecule has 0 saturated carbocycles. The van der Waals surface area contributed by atoms with Crippen LogP contribution in [0.5, 0.6) is 0 Å². The molecule has 0 radical (unpaired) electrons. The van der Waals surface area contributed by atoms with Crippen LogP contribution < -0.4 is 10.6 Å². The van der Waals surface area contributed by atoms with Gasteiger partial charge in [-0.3, -0.25) is 19.3 Å². The summed E-state index contributed by atoms with van der Waals surface area (Å²) in [4.78, 5) is 38.5. The summed E-state index contributed by atoms with van der Waals surface area (Å²) in [6.07, 6.45) is 1.92. The molecule has 0 spiro atoms. The molecule has 1 saturated heterocycles. The fraction of sp³-hybridized carbons (Fsp3) is 0.471. The van der Waals surface area contributed by atoms with Gasteiger partial charge in [-0.1, -0.05) is 11.6 Å². The van der Waals surface area contributed by atoms with E-state index in [1.807, 2.05) is 6.92 Å². The molecular weight excluding hydrogens is 330 g/mol. The van der Waals surface area contributed by atoms with Crippen molar-refractivity contribution in [2.45, 2.75) is 38.8 Å². The van der Waals surface area contributed by atoms with Crippen molar-refractivity contribution in [3.8, 4) is 0 Å². The number of hydrogen-bond acceptors (Lipinski definition) is 4. The highest BCUT2D eigenvalue weighted by Crippen LogP contribution is 2.25. The van der Waals surface area contributed by atoms with E-state index in [2.05, 4.69) is 10.6 Å². The van der Waals surface area contributed by atoms with E-state index in [-0.39, 0.29) is 24.4 Å². The van der Waals surface area contributed by atoms with Crippen LogP contribution in [0.2, 0.25) is 0 Å². The van der Waals surface area contributed by atoms with Gasteiger partial charge in [-0.05, 0) is 45.4 Å². The van der Waals surface area contributed by atoms with E-state index >= 15 is 0 Å². The van der Waals surface area contributed by atoms with Crippen LogP contribution in [0, 0.1) is 6.92 Å². The van der Waals surface area contributed by atoms with Crippen LogP contribution in [0.15, 0.2) is 18.2 Å². The Kier molecular flexibility index (Phi) is 5.62. The Morgan fingerprint density at radius 2 is 2.00 bits per heavy atom. The number of carbonyl (C=O) groups excluding carboxylic acids is 3. The number of rotatable bonds is 3. The standard InChI is InChI=1S/C17H21N3O3.ClH/c1-10-5-6-13-14(8-10)17(23)20(16(13)22)11(2)15(21)19-12-4-3-7-18-9-12;/h5-6,8,11-12,18H,3-4,7,9H2,1-2H3,(H,19,21);1H. The van der Waals surface area contributed by atoms with Crippen molar-refractivity contribution >= 4 is 30.1 Å². The second-order valence-corrected chi connectivity index (χ2v) is 6.26. The molecule has 1 fully saturated rings. The first kappa shape index (κ1) is 18.4. The maximum absolute atomic E-state index is 12.5. The second-order valence-electron chi connectivity index (χ2n) is 6.26. The van der Waals surface area contributed by atoms with E-state index in [9.17, 15) is 14.4 Å². The van der Waals surface area contributed by atoms with Crippen molar-refractivity contribution in [1.82, 2.24) is 15.5 Å². The Hall–Kier alpha value is -1.92. The summed E-state index contributed by atoms with van der Waals surface area (Å²) in [7, 11) is 0. The van der Waals surface area contributed by atoms with Crippen molar-refractivity contribution < 1.29 is 14.4 Å². The summed E-state index contributed by atoms with van der Waals surface area (Å²) in [5.41, 5.74) is 1.67. The van der Waals surface area contributed by atoms with Crippen LogP contribution in [0.25, 0.3) is 0 Å². The van der Waals surface area contributed by atoms with Gasteiger partial charge in [0, 0.05) is 12.6 Å². The number of piperidine rings is 1. The number of nitrogens with one attached hydrogen (secondary N) is 2. The molecule has 2 N–H and O–H groups in total. The summed E-state index contributed by atoms with van der Waals surface area (Å²) in [6.45, 7) is 5.15. The Morgan fingerprint density at radius 3 is 2.67 bits per heavy atom. The molecule has 1 aromatic carbocycles. The fourth-order valence-electron chi connectivity index (χ4n) is 3.14. The molecular formula is C17H22ClN3O3. The van der Waals surface area contributed by atoms with Crippen LogP contribution in [0.4, 0.5) is 0 Å². The van der Waals surface area contributed by atoms with Crippen molar-refractivity contribution in [2.24, 2.45) is 0 Å². The number of aryl methyl sites for hydroxylation is 1. The topological polar surface area (TPSA) is 78.5 Å². The van der Waals surface area contributed by atoms with Gasteiger partial charge in [-0.15, -0.1) is 12.4 Å². The molecule has 2 aliphatic rings. The molecule has 24 heavy (non-hydrogen) atoms. The summed E-state index contributed by atoms with van der Waals surface area (Å²) in [5, 5.41) is 6.15. The normalized spacial score (nSPS) is 21.1. The molecule has 2 atom stereocenters. The maximum Gasteiger partial charge on any atom is 0.262 e. The second kappa shape index (κ2) is 7.32. The van der Waals surface area contributed by atoms with Crippen LogP contribution >= 0.6 is 12.4 Å². The lowest BCUT2D eigenvalue weighted by Crippen LogP contribution is -2.53. The third-order valence-corrected chi connectivity index (χ3v) is 4.48. The molecule has 2 unspecified atom stereocenters. The number of nitrogens with zero attached hydrogens (tertiary/aromatic N) is 1. The van der Waals surface area contributed by atoms with E-state index in [0.717, 1.165) is 36.4 Å². The Bertz CT molecular complexity index is 671. The Balaban J connectivity index is 0.00000208. The third kappa shape index (κ3) is 3.30. The predicted octanol–water partition coefficient (Wildman–Crippen LogP) is 1.27. The van der Waals surface area contributed by atoms with Crippen molar-refractivity contribution in [1.29, 1.82) is 0 Å². The molecule has 7 heteroatoms. The largest absolute Gasteiger partial charge is 0.350 e. The number of hydrogen-bond donors (Lipinski definition) is 2. The minimum atomic E-state index is -0.815. The van der Waals surface area contributed by atoms with Gasteiger partial charge in [0.05, 0.1) is 11.1 Å². The van der Waals surface area contributed by atoms with Crippen LogP contribution in [-0.4, -0.2) is 47.8 Å². The molecule has 3 rings (SSSR count). The molecule has 3 amide bonds. The predicted molar refractivity (Wildman–Crippen MR) is 92.4 cm³/mol. The van der Waals surface area contributed by atoms with Gasteiger partial charge in [0.15, 0.2) is 0 Å². The number of carbonyl (C=O) groups is 3. The molecule has 130 valence electrons. The average molecular weight is 352 g/mol. The van der Waals surface area contributed by atoms with Gasteiger partial charge in [-0.2, -0.15) is 0 Å². The number of halogens is 1. The van der Waals surface area contributed by atoms with Crippen LogP contribution in [-0.2, 0) is 4.79 Å². The van der Waals surface area contributed by atoms with Crippen molar-refractivity contribution in [3.05, 3.63) is 34.9 Å². The minimum Gasteiger partial charge on any atom is -0.350 e. The van der Waals surface area contributed by atoms with Crippen LogP contribution in [0.1, 0.15) is 46.0 Å². The van der Waals surface area contributed by atoms with E-state index in [1.54, 1.807) is 25.1 Å². The zero-order chi connectivity index (χ0) is 16.6. The first-order valence-corrected chi connectivity index (χ1v) is 7.98. The molecule has 0 aliphatic carbocycles. The van der Waals surface area contributed by atoms with Gasteiger partial charge in [-0.25, -0.2) is 0 Å². The third-order valence-electron chi connectivity index (χ3n) is 4.48. The Morgan fingerprint density at radius 1 is 1.29 bits per heavy atom. The van der Waals surface area contributed by atoms with E-state index < -0.39 is 17.9 Å². The fourth-order valence-corrected chi connectivity index (χ4v) is 3.14.